The van der Waals surface area contributed by atoms with E-state index in [1.165, 1.54) is 12.8 Å². The maximum Gasteiger partial charge on any atom is 0.251 e. The van der Waals surface area contributed by atoms with Gasteiger partial charge in [0, 0.05) is 31.6 Å². The molecule has 2 aliphatic rings. The number of hydrogen-bond donors (Lipinski definition) is 2. The van der Waals surface area contributed by atoms with Crippen molar-refractivity contribution in [2.24, 2.45) is 5.92 Å². The second kappa shape index (κ2) is 7.59. The van der Waals surface area contributed by atoms with Gasteiger partial charge in [0.2, 0.25) is 5.91 Å². The van der Waals surface area contributed by atoms with E-state index < -0.39 is 0 Å². The van der Waals surface area contributed by atoms with E-state index in [9.17, 15) is 9.59 Å². The zero-order valence-electron chi connectivity index (χ0n) is 13.5. The Labute approximate surface area is 137 Å². The molecule has 2 N–H and O–H groups in total. The molecule has 2 heterocycles. The number of likely N-dealkylation sites (tertiary alicyclic amines) is 1. The monoisotopic (exact) mass is 315 g/mol. The largest absolute Gasteiger partial charge is 0.352 e. The van der Waals surface area contributed by atoms with Gasteiger partial charge >= 0.3 is 0 Å². The van der Waals surface area contributed by atoms with Gasteiger partial charge in [-0.25, -0.2) is 0 Å². The highest BCUT2D eigenvalue weighted by atomic mass is 16.2. The van der Waals surface area contributed by atoms with E-state index in [0.717, 1.165) is 38.2 Å². The average molecular weight is 315 g/mol. The van der Waals surface area contributed by atoms with E-state index in [1.54, 1.807) is 0 Å². The van der Waals surface area contributed by atoms with Crippen LogP contribution < -0.4 is 10.6 Å². The highest BCUT2D eigenvalue weighted by molar-refractivity contribution is 5.94. The zero-order chi connectivity index (χ0) is 16.1. The SMILES string of the molecule is O=C(NCC1CCCNC1)c1ccc(CN2CCCC2=O)cc1. The summed E-state index contributed by atoms with van der Waals surface area (Å²) in [5, 5.41) is 6.39. The van der Waals surface area contributed by atoms with Gasteiger partial charge in [-0.1, -0.05) is 12.1 Å². The van der Waals surface area contributed by atoms with Crippen LogP contribution in [0, 0.1) is 5.92 Å². The van der Waals surface area contributed by atoms with Crippen LogP contribution in [0.3, 0.4) is 0 Å². The molecule has 0 aliphatic carbocycles. The van der Waals surface area contributed by atoms with Crippen LogP contribution in [-0.2, 0) is 11.3 Å². The Morgan fingerprint density at radius 1 is 1.26 bits per heavy atom. The third-order valence-electron chi connectivity index (χ3n) is 4.71. The Bertz CT molecular complexity index is 550. The minimum Gasteiger partial charge on any atom is -0.352 e. The van der Waals surface area contributed by atoms with Crippen LogP contribution in [0.5, 0.6) is 0 Å². The molecular formula is C18H25N3O2. The summed E-state index contributed by atoms with van der Waals surface area (Å²) in [5.74, 6) is 0.750. The van der Waals surface area contributed by atoms with Crippen molar-refractivity contribution in [3.8, 4) is 0 Å². The van der Waals surface area contributed by atoms with Crippen LogP contribution in [0.15, 0.2) is 24.3 Å². The second-order valence-corrected chi connectivity index (χ2v) is 6.54. The van der Waals surface area contributed by atoms with Gasteiger partial charge in [0.15, 0.2) is 0 Å². The van der Waals surface area contributed by atoms with Crippen molar-refractivity contribution >= 4 is 11.8 Å². The van der Waals surface area contributed by atoms with Gasteiger partial charge in [-0.3, -0.25) is 9.59 Å². The first-order chi connectivity index (χ1) is 11.2. The van der Waals surface area contributed by atoms with Crippen LogP contribution in [0.25, 0.3) is 0 Å². The molecule has 2 amide bonds. The Kier molecular flexibility index (Phi) is 5.28. The molecular weight excluding hydrogens is 290 g/mol. The molecule has 23 heavy (non-hydrogen) atoms. The summed E-state index contributed by atoms with van der Waals surface area (Å²) in [6.45, 7) is 4.30. The van der Waals surface area contributed by atoms with Gasteiger partial charge in [0.25, 0.3) is 5.91 Å². The molecule has 0 bridgehead atoms. The fourth-order valence-corrected chi connectivity index (χ4v) is 3.29. The first-order valence-electron chi connectivity index (χ1n) is 8.58. The molecule has 5 heteroatoms. The molecule has 1 aromatic rings. The fourth-order valence-electron chi connectivity index (χ4n) is 3.29. The number of hydrogen-bond acceptors (Lipinski definition) is 3. The predicted octanol–water partition coefficient (Wildman–Crippen LogP) is 1.54. The summed E-state index contributed by atoms with van der Waals surface area (Å²) < 4.78 is 0. The molecule has 0 saturated carbocycles. The molecule has 1 atom stereocenters. The van der Waals surface area contributed by atoms with Crippen molar-refractivity contribution in [3.63, 3.8) is 0 Å². The van der Waals surface area contributed by atoms with Crippen molar-refractivity contribution in [1.29, 1.82) is 0 Å². The quantitative estimate of drug-likeness (QED) is 0.866. The van der Waals surface area contributed by atoms with Crippen molar-refractivity contribution in [3.05, 3.63) is 35.4 Å². The smallest absolute Gasteiger partial charge is 0.251 e. The van der Waals surface area contributed by atoms with Crippen LogP contribution in [0.1, 0.15) is 41.6 Å². The first kappa shape index (κ1) is 16.0. The second-order valence-electron chi connectivity index (χ2n) is 6.54. The van der Waals surface area contributed by atoms with Crippen LogP contribution in [-0.4, -0.2) is 42.9 Å². The van der Waals surface area contributed by atoms with Crippen molar-refractivity contribution in [2.75, 3.05) is 26.2 Å². The van der Waals surface area contributed by atoms with E-state index in [0.29, 0.717) is 24.4 Å². The summed E-state index contributed by atoms with van der Waals surface area (Å²) in [4.78, 5) is 25.7. The summed E-state index contributed by atoms with van der Waals surface area (Å²) in [7, 11) is 0. The topological polar surface area (TPSA) is 61.4 Å². The molecule has 0 aromatic heterocycles. The molecule has 0 radical (unpaired) electrons. The number of piperidine rings is 1. The number of carbonyl (C=O) groups excluding carboxylic acids is 2. The van der Waals surface area contributed by atoms with E-state index >= 15 is 0 Å². The normalized spacial score (nSPS) is 21.5. The van der Waals surface area contributed by atoms with E-state index in [2.05, 4.69) is 10.6 Å². The number of benzene rings is 1. The molecule has 2 fully saturated rings. The van der Waals surface area contributed by atoms with Crippen molar-refractivity contribution < 1.29 is 9.59 Å². The average Bonchev–Trinajstić information content (AvgIpc) is 2.99. The van der Waals surface area contributed by atoms with Crippen molar-refractivity contribution in [2.45, 2.75) is 32.2 Å². The van der Waals surface area contributed by atoms with E-state index in [-0.39, 0.29) is 11.8 Å². The molecule has 1 unspecified atom stereocenters. The number of amides is 2. The Morgan fingerprint density at radius 3 is 2.74 bits per heavy atom. The maximum absolute atomic E-state index is 12.2. The highest BCUT2D eigenvalue weighted by Crippen LogP contribution is 2.15. The van der Waals surface area contributed by atoms with Gasteiger partial charge in [-0.05, 0) is 56.0 Å². The number of carbonyl (C=O) groups is 2. The lowest BCUT2D eigenvalue weighted by Gasteiger charge is -2.22. The molecule has 0 spiro atoms. The van der Waals surface area contributed by atoms with Crippen LogP contribution in [0.2, 0.25) is 0 Å². The number of nitrogens with one attached hydrogen (secondary N) is 2. The fraction of sp³-hybridized carbons (Fsp3) is 0.556. The standard InChI is InChI=1S/C18H25N3O2/c22-17-4-2-10-21(17)13-14-5-7-16(8-6-14)18(23)20-12-15-3-1-9-19-11-15/h5-8,15,19H,1-4,9-13H2,(H,20,23). The van der Waals surface area contributed by atoms with Crippen molar-refractivity contribution in [1.82, 2.24) is 15.5 Å². The lowest BCUT2D eigenvalue weighted by atomic mass is 9.99. The molecule has 124 valence electrons. The summed E-state index contributed by atoms with van der Waals surface area (Å²) in [6, 6.07) is 7.60. The molecule has 2 aliphatic heterocycles. The maximum atomic E-state index is 12.2. The Morgan fingerprint density at radius 2 is 2.09 bits per heavy atom. The zero-order valence-corrected chi connectivity index (χ0v) is 13.5. The molecule has 3 rings (SSSR count). The third-order valence-corrected chi connectivity index (χ3v) is 4.71. The van der Waals surface area contributed by atoms with Gasteiger partial charge in [0.1, 0.15) is 0 Å². The van der Waals surface area contributed by atoms with Gasteiger partial charge in [0.05, 0.1) is 0 Å². The lowest BCUT2D eigenvalue weighted by Crippen LogP contribution is -2.38. The molecule has 5 nitrogen and oxygen atoms in total. The minimum atomic E-state index is -0.0145. The van der Waals surface area contributed by atoms with Gasteiger partial charge in [-0.15, -0.1) is 0 Å². The molecule has 2 saturated heterocycles. The minimum absolute atomic E-state index is 0.0145. The highest BCUT2D eigenvalue weighted by Gasteiger charge is 2.20. The predicted molar refractivity (Wildman–Crippen MR) is 89.0 cm³/mol. The van der Waals surface area contributed by atoms with Crippen LogP contribution >= 0.6 is 0 Å². The molecule has 1 aromatic carbocycles. The summed E-state index contributed by atoms with van der Waals surface area (Å²) >= 11 is 0. The van der Waals surface area contributed by atoms with Gasteiger partial charge in [-0.2, -0.15) is 0 Å². The van der Waals surface area contributed by atoms with E-state index in [1.807, 2.05) is 29.2 Å². The first-order valence-corrected chi connectivity index (χ1v) is 8.58. The Hall–Kier alpha value is -1.88. The van der Waals surface area contributed by atoms with Gasteiger partial charge < -0.3 is 15.5 Å². The summed E-state index contributed by atoms with van der Waals surface area (Å²) in [6.07, 6.45) is 3.98. The van der Waals surface area contributed by atoms with Crippen LogP contribution in [0.4, 0.5) is 0 Å². The summed E-state index contributed by atoms with van der Waals surface area (Å²) in [5.41, 5.74) is 1.76. The van der Waals surface area contributed by atoms with E-state index in [4.69, 9.17) is 0 Å². The number of nitrogens with zero attached hydrogens (tertiary/aromatic N) is 1. The lowest BCUT2D eigenvalue weighted by molar-refractivity contribution is -0.128. The number of rotatable bonds is 5. The third kappa shape index (κ3) is 4.32. The Balaban J connectivity index is 1.49.